The molecule has 1 heterocycles. The Kier molecular flexibility index (Phi) is 2.15. The van der Waals surface area contributed by atoms with Gasteiger partial charge in [0.25, 0.3) is 0 Å². The molecule has 0 radical (unpaired) electrons. The highest BCUT2D eigenvalue weighted by atomic mass is 16.1. The van der Waals surface area contributed by atoms with Gasteiger partial charge in [-0.2, -0.15) is 0 Å². The Morgan fingerprint density at radius 1 is 1.31 bits per heavy atom. The Morgan fingerprint density at radius 3 is 2.77 bits per heavy atom. The van der Waals surface area contributed by atoms with Crippen molar-refractivity contribution >= 4 is 5.78 Å². The smallest absolute Gasteiger partial charge is 0.153 e. The van der Waals surface area contributed by atoms with Gasteiger partial charge in [-0.1, -0.05) is 24.3 Å². The number of hydrogen-bond donors (Lipinski definition) is 1. The fourth-order valence-corrected chi connectivity index (χ4v) is 1.62. The van der Waals surface area contributed by atoms with Gasteiger partial charge in [-0.3, -0.25) is 4.79 Å². The molecule has 2 heteroatoms. The maximum Gasteiger partial charge on any atom is 0.153 e. The zero-order valence-electron chi connectivity index (χ0n) is 7.71. The van der Waals surface area contributed by atoms with Crippen molar-refractivity contribution in [2.75, 3.05) is 0 Å². The minimum atomic E-state index is -0.00704. The number of carbonyl (C=O) groups excluding carboxylic acids is 1. The van der Waals surface area contributed by atoms with Crippen molar-refractivity contribution in [1.29, 1.82) is 0 Å². The topological polar surface area (TPSA) is 29.1 Å². The first-order valence-corrected chi connectivity index (χ1v) is 4.60. The van der Waals surface area contributed by atoms with Gasteiger partial charge in [0, 0.05) is 13.0 Å². The Balaban J connectivity index is 2.35. The van der Waals surface area contributed by atoms with Crippen LogP contribution in [-0.2, 0) is 17.8 Å². The van der Waals surface area contributed by atoms with E-state index in [2.05, 4.69) is 11.4 Å². The van der Waals surface area contributed by atoms with Crippen LogP contribution in [-0.4, -0.2) is 11.8 Å². The second-order valence-electron chi connectivity index (χ2n) is 3.51. The van der Waals surface area contributed by atoms with E-state index in [0.717, 1.165) is 6.54 Å². The molecule has 1 N–H and O–H groups in total. The third kappa shape index (κ3) is 1.63. The molecular weight excluding hydrogens is 162 g/mol. The van der Waals surface area contributed by atoms with Crippen LogP contribution < -0.4 is 5.32 Å². The standard InChI is InChI=1S/C11H13NO/c1-8-11(13)6-9-4-2-3-5-10(9)7-12-8/h2-5,8,12H,6-7H2,1H3. The molecule has 0 aliphatic carbocycles. The van der Waals surface area contributed by atoms with E-state index in [0.29, 0.717) is 6.42 Å². The number of Topliss-reactive ketones (excluding diaryl/α,β-unsaturated/α-hetero) is 1. The van der Waals surface area contributed by atoms with E-state index in [1.54, 1.807) is 0 Å². The SMILES string of the molecule is CC1NCc2ccccc2CC1=O. The minimum Gasteiger partial charge on any atom is -0.304 e. The van der Waals surface area contributed by atoms with E-state index >= 15 is 0 Å². The highest BCUT2D eigenvalue weighted by Crippen LogP contribution is 2.13. The van der Waals surface area contributed by atoms with E-state index in [4.69, 9.17) is 0 Å². The van der Waals surface area contributed by atoms with Gasteiger partial charge in [0.1, 0.15) is 0 Å². The molecule has 1 aliphatic heterocycles. The monoisotopic (exact) mass is 175 g/mol. The van der Waals surface area contributed by atoms with E-state index < -0.39 is 0 Å². The van der Waals surface area contributed by atoms with Crippen molar-refractivity contribution in [2.24, 2.45) is 0 Å². The molecule has 1 aliphatic rings. The number of fused-ring (bicyclic) bond motifs is 1. The Morgan fingerprint density at radius 2 is 2.00 bits per heavy atom. The van der Waals surface area contributed by atoms with Gasteiger partial charge in [-0.15, -0.1) is 0 Å². The average Bonchev–Trinajstić information content (AvgIpc) is 2.28. The molecule has 0 fully saturated rings. The van der Waals surface area contributed by atoms with Crippen LogP contribution in [0.1, 0.15) is 18.1 Å². The summed E-state index contributed by atoms with van der Waals surface area (Å²) in [7, 11) is 0. The molecule has 13 heavy (non-hydrogen) atoms. The van der Waals surface area contributed by atoms with Crippen molar-refractivity contribution in [3.63, 3.8) is 0 Å². The lowest BCUT2D eigenvalue weighted by Gasteiger charge is -2.06. The zero-order valence-corrected chi connectivity index (χ0v) is 7.71. The molecular formula is C11H13NO. The average molecular weight is 175 g/mol. The summed E-state index contributed by atoms with van der Waals surface area (Å²) in [6.07, 6.45) is 0.574. The molecule has 2 nitrogen and oxygen atoms in total. The maximum absolute atomic E-state index is 11.5. The minimum absolute atomic E-state index is 0.00704. The molecule has 0 spiro atoms. The molecule has 1 unspecified atom stereocenters. The normalized spacial score (nSPS) is 22.2. The molecule has 1 atom stereocenters. The number of hydrogen-bond acceptors (Lipinski definition) is 2. The summed E-state index contributed by atoms with van der Waals surface area (Å²) >= 11 is 0. The summed E-state index contributed by atoms with van der Waals surface area (Å²) < 4.78 is 0. The van der Waals surface area contributed by atoms with Gasteiger partial charge in [-0.05, 0) is 18.1 Å². The van der Waals surface area contributed by atoms with Gasteiger partial charge < -0.3 is 5.32 Å². The fourth-order valence-electron chi connectivity index (χ4n) is 1.62. The molecule has 0 aromatic heterocycles. The lowest BCUT2D eigenvalue weighted by atomic mass is 10.0. The van der Waals surface area contributed by atoms with Crippen molar-refractivity contribution in [3.8, 4) is 0 Å². The van der Waals surface area contributed by atoms with Gasteiger partial charge in [0.15, 0.2) is 5.78 Å². The van der Waals surface area contributed by atoms with E-state index in [-0.39, 0.29) is 11.8 Å². The Labute approximate surface area is 78.0 Å². The zero-order chi connectivity index (χ0) is 9.26. The number of carbonyl (C=O) groups is 1. The number of rotatable bonds is 0. The Hall–Kier alpha value is -1.15. The van der Waals surface area contributed by atoms with E-state index in [1.807, 2.05) is 25.1 Å². The van der Waals surface area contributed by atoms with Crippen molar-refractivity contribution in [2.45, 2.75) is 25.9 Å². The fraction of sp³-hybridized carbons (Fsp3) is 0.364. The van der Waals surface area contributed by atoms with Crippen LogP contribution in [0.15, 0.2) is 24.3 Å². The van der Waals surface area contributed by atoms with Crippen molar-refractivity contribution < 1.29 is 4.79 Å². The summed E-state index contributed by atoms with van der Waals surface area (Å²) in [6, 6.07) is 8.11. The second-order valence-corrected chi connectivity index (χ2v) is 3.51. The summed E-state index contributed by atoms with van der Waals surface area (Å²) in [4.78, 5) is 11.5. The van der Waals surface area contributed by atoms with Gasteiger partial charge in [0.2, 0.25) is 0 Å². The first kappa shape index (κ1) is 8.45. The Bertz CT molecular complexity index is 333. The predicted molar refractivity (Wildman–Crippen MR) is 51.5 cm³/mol. The molecule has 68 valence electrons. The highest BCUT2D eigenvalue weighted by molar-refractivity contribution is 5.86. The second kappa shape index (κ2) is 3.30. The molecule has 0 bridgehead atoms. The quantitative estimate of drug-likeness (QED) is 0.643. The molecule has 0 saturated carbocycles. The van der Waals surface area contributed by atoms with Crippen molar-refractivity contribution in [3.05, 3.63) is 35.4 Å². The van der Waals surface area contributed by atoms with Crippen LogP contribution in [0.25, 0.3) is 0 Å². The van der Waals surface area contributed by atoms with Crippen LogP contribution in [0.3, 0.4) is 0 Å². The summed E-state index contributed by atoms with van der Waals surface area (Å²) in [5, 5.41) is 3.20. The first-order chi connectivity index (χ1) is 6.27. The molecule has 2 rings (SSSR count). The largest absolute Gasteiger partial charge is 0.304 e. The van der Waals surface area contributed by atoms with Gasteiger partial charge in [-0.25, -0.2) is 0 Å². The molecule has 1 aromatic rings. The summed E-state index contributed by atoms with van der Waals surface area (Å²) in [6.45, 7) is 2.73. The van der Waals surface area contributed by atoms with Crippen LogP contribution in [0.4, 0.5) is 0 Å². The molecule has 1 aromatic carbocycles. The van der Waals surface area contributed by atoms with Crippen LogP contribution in [0, 0.1) is 0 Å². The highest BCUT2D eigenvalue weighted by Gasteiger charge is 2.18. The predicted octanol–water partition coefficient (Wildman–Crippen LogP) is 1.29. The van der Waals surface area contributed by atoms with Gasteiger partial charge in [0.05, 0.1) is 6.04 Å². The van der Waals surface area contributed by atoms with Gasteiger partial charge >= 0.3 is 0 Å². The van der Waals surface area contributed by atoms with Crippen LogP contribution in [0.2, 0.25) is 0 Å². The lowest BCUT2D eigenvalue weighted by molar-refractivity contribution is -0.119. The van der Waals surface area contributed by atoms with E-state index in [9.17, 15) is 4.79 Å². The third-order valence-electron chi connectivity index (χ3n) is 2.56. The van der Waals surface area contributed by atoms with Crippen LogP contribution >= 0.6 is 0 Å². The first-order valence-electron chi connectivity index (χ1n) is 4.60. The van der Waals surface area contributed by atoms with E-state index in [1.165, 1.54) is 11.1 Å². The molecule has 0 saturated heterocycles. The summed E-state index contributed by atoms with van der Waals surface area (Å²) in [5.74, 6) is 0.282. The molecule has 0 amide bonds. The number of benzene rings is 1. The maximum atomic E-state index is 11.5. The summed E-state index contributed by atoms with van der Waals surface area (Å²) in [5.41, 5.74) is 2.42. The van der Waals surface area contributed by atoms with Crippen molar-refractivity contribution in [1.82, 2.24) is 5.32 Å². The lowest BCUT2D eigenvalue weighted by Crippen LogP contribution is -2.31. The third-order valence-corrected chi connectivity index (χ3v) is 2.56. The van der Waals surface area contributed by atoms with Crippen LogP contribution in [0.5, 0.6) is 0 Å². The number of ketones is 1. The number of nitrogens with one attached hydrogen (secondary N) is 1.